The SMILES string of the molecule is CN(C)CCCNC(=O)c1occc1-c1ccccn1. The highest BCUT2D eigenvalue weighted by Gasteiger charge is 2.16. The quantitative estimate of drug-likeness (QED) is 0.818. The van der Waals surface area contributed by atoms with Gasteiger partial charge in [-0.2, -0.15) is 0 Å². The molecule has 2 heterocycles. The number of rotatable bonds is 6. The minimum absolute atomic E-state index is 0.200. The van der Waals surface area contributed by atoms with Crippen LogP contribution in [0.2, 0.25) is 0 Å². The molecular weight excluding hydrogens is 254 g/mol. The van der Waals surface area contributed by atoms with Gasteiger partial charge in [-0.15, -0.1) is 0 Å². The van der Waals surface area contributed by atoms with Gasteiger partial charge in [0.1, 0.15) is 0 Å². The van der Waals surface area contributed by atoms with Gasteiger partial charge in [-0.25, -0.2) is 0 Å². The van der Waals surface area contributed by atoms with Crippen molar-refractivity contribution in [1.82, 2.24) is 15.2 Å². The van der Waals surface area contributed by atoms with Gasteiger partial charge in [-0.05, 0) is 45.3 Å². The highest BCUT2D eigenvalue weighted by atomic mass is 16.3. The van der Waals surface area contributed by atoms with Crippen LogP contribution in [0.25, 0.3) is 11.3 Å². The monoisotopic (exact) mass is 273 g/mol. The summed E-state index contributed by atoms with van der Waals surface area (Å²) < 4.78 is 5.30. The van der Waals surface area contributed by atoms with Crippen LogP contribution < -0.4 is 5.32 Å². The van der Waals surface area contributed by atoms with E-state index in [9.17, 15) is 4.79 Å². The Balaban J connectivity index is 1.99. The van der Waals surface area contributed by atoms with Crippen molar-refractivity contribution < 1.29 is 9.21 Å². The van der Waals surface area contributed by atoms with Gasteiger partial charge in [0, 0.05) is 12.7 Å². The Labute approximate surface area is 118 Å². The first kappa shape index (κ1) is 14.3. The molecule has 0 saturated carbocycles. The van der Waals surface area contributed by atoms with E-state index in [2.05, 4.69) is 15.2 Å². The Bertz CT molecular complexity index is 549. The number of nitrogens with one attached hydrogen (secondary N) is 1. The van der Waals surface area contributed by atoms with Gasteiger partial charge in [0.2, 0.25) is 5.76 Å². The van der Waals surface area contributed by atoms with Gasteiger partial charge < -0.3 is 14.6 Å². The molecule has 0 aromatic carbocycles. The lowest BCUT2D eigenvalue weighted by atomic mass is 10.1. The Hall–Kier alpha value is -2.14. The molecule has 20 heavy (non-hydrogen) atoms. The summed E-state index contributed by atoms with van der Waals surface area (Å²) in [7, 11) is 4.01. The molecule has 2 aromatic rings. The first-order valence-corrected chi connectivity index (χ1v) is 6.60. The van der Waals surface area contributed by atoms with Crippen molar-refractivity contribution in [3.8, 4) is 11.3 Å². The molecule has 0 saturated heterocycles. The maximum atomic E-state index is 12.1. The van der Waals surface area contributed by atoms with Crippen LogP contribution in [0.15, 0.2) is 41.1 Å². The van der Waals surface area contributed by atoms with E-state index in [1.807, 2.05) is 32.3 Å². The molecule has 0 aliphatic rings. The Morgan fingerprint density at radius 3 is 2.90 bits per heavy atom. The summed E-state index contributed by atoms with van der Waals surface area (Å²) in [5, 5.41) is 2.86. The minimum Gasteiger partial charge on any atom is -0.458 e. The van der Waals surface area contributed by atoms with E-state index in [0.717, 1.165) is 24.2 Å². The molecule has 0 aliphatic heterocycles. The number of hydrogen-bond acceptors (Lipinski definition) is 4. The summed E-state index contributed by atoms with van der Waals surface area (Å²) in [6, 6.07) is 7.34. The predicted octanol–water partition coefficient (Wildman–Crippen LogP) is 2.02. The van der Waals surface area contributed by atoms with Crippen molar-refractivity contribution in [3.63, 3.8) is 0 Å². The van der Waals surface area contributed by atoms with Gasteiger partial charge in [0.25, 0.3) is 5.91 Å². The van der Waals surface area contributed by atoms with Crippen LogP contribution in [-0.4, -0.2) is 43.0 Å². The number of carbonyl (C=O) groups excluding carboxylic acids is 1. The molecular formula is C15H19N3O2. The number of nitrogens with zero attached hydrogens (tertiary/aromatic N) is 2. The largest absolute Gasteiger partial charge is 0.458 e. The third kappa shape index (κ3) is 3.68. The summed E-state index contributed by atoms with van der Waals surface area (Å²) in [5.74, 6) is 0.114. The van der Waals surface area contributed by atoms with Gasteiger partial charge in [-0.3, -0.25) is 9.78 Å². The number of furan rings is 1. The van der Waals surface area contributed by atoms with Gasteiger partial charge >= 0.3 is 0 Å². The van der Waals surface area contributed by atoms with Crippen LogP contribution in [0, 0.1) is 0 Å². The molecule has 5 heteroatoms. The third-order valence-electron chi connectivity index (χ3n) is 2.88. The standard InChI is InChI=1S/C15H19N3O2/c1-18(2)10-5-9-17-15(19)14-12(7-11-20-14)13-6-3-4-8-16-13/h3-4,6-8,11H,5,9-10H2,1-2H3,(H,17,19). The van der Waals surface area contributed by atoms with E-state index in [0.29, 0.717) is 12.3 Å². The van der Waals surface area contributed by atoms with Crippen molar-refractivity contribution in [2.75, 3.05) is 27.2 Å². The molecule has 2 aromatic heterocycles. The lowest BCUT2D eigenvalue weighted by molar-refractivity contribution is 0.0925. The molecule has 0 aliphatic carbocycles. The summed E-state index contributed by atoms with van der Waals surface area (Å²) in [6.45, 7) is 1.56. The van der Waals surface area contributed by atoms with Crippen LogP contribution in [0.4, 0.5) is 0 Å². The topological polar surface area (TPSA) is 58.4 Å². The van der Waals surface area contributed by atoms with Crippen molar-refractivity contribution >= 4 is 5.91 Å². The molecule has 0 bridgehead atoms. The molecule has 2 rings (SSSR count). The zero-order valence-electron chi connectivity index (χ0n) is 11.8. The predicted molar refractivity (Wildman–Crippen MR) is 77.4 cm³/mol. The second-order valence-electron chi connectivity index (χ2n) is 4.79. The average Bonchev–Trinajstić information content (AvgIpc) is 2.93. The number of aromatic nitrogens is 1. The van der Waals surface area contributed by atoms with Gasteiger partial charge in [0.15, 0.2) is 0 Å². The Kier molecular flexibility index (Phi) is 4.90. The van der Waals surface area contributed by atoms with Crippen molar-refractivity contribution in [1.29, 1.82) is 0 Å². The Morgan fingerprint density at radius 1 is 1.35 bits per heavy atom. The van der Waals surface area contributed by atoms with E-state index in [4.69, 9.17) is 4.42 Å². The van der Waals surface area contributed by atoms with Crippen molar-refractivity contribution in [3.05, 3.63) is 42.5 Å². The molecule has 1 amide bonds. The smallest absolute Gasteiger partial charge is 0.287 e. The highest BCUT2D eigenvalue weighted by Crippen LogP contribution is 2.22. The second-order valence-corrected chi connectivity index (χ2v) is 4.79. The first-order chi connectivity index (χ1) is 9.68. The Morgan fingerprint density at radius 2 is 2.20 bits per heavy atom. The third-order valence-corrected chi connectivity index (χ3v) is 2.88. The fourth-order valence-corrected chi connectivity index (χ4v) is 1.89. The van der Waals surface area contributed by atoms with Crippen molar-refractivity contribution in [2.45, 2.75) is 6.42 Å². The highest BCUT2D eigenvalue weighted by molar-refractivity contribution is 5.97. The maximum Gasteiger partial charge on any atom is 0.287 e. The van der Waals surface area contributed by atoms with Crippen LogP contribution in [0.5, 0.6) is 0 Å². The van der Waals surface area contributed by atoms with Crippen LogP contribution in [0.3, 0.4) is 0 Å². The molecule has 0 unspecified atom stereocenters. The molecule has 0 atom stereocenters. The van der Waals surface area contributed by atoms with Crippen molar-refractivity contribution in [2.24, 2.45) is 0 Å². The number of carbonyl (C=O) groups is 1. The average molecular weight is 273 g/mol. The summed E-state index contributed by atoms with van der Waals surface area (Å²) in [5.41, 5.74) is 1.45. The van der Waals surface area contributed by atoms with Crippen LogP contribution in [0.1, 0.15) is 17.0 Å². The fraction of sp³-hybridized carbons (Fsp3) is 0.333. The molecule has 5 nitrogen and oxygen atoms in total. The van der Waals surface area contributed by atoms with E-state index >= 15 is 0 Å². The molecule has 0 radical (unpaired) electrons. The lowest BCUT2D eigenvalue weighted by Gasteiger charge is -2.09. The summed E-state index contributed by atoms with van der Waals surface area (Å²) >= 11 is 0. The van der Waals surface area contributed by atoms with E-state index in [-0.39, 0.29) is 5.91 Å². The normalized spacial score (nSPS) is 10.8. The number of hydrogen-bond donors (Lipinski definition) is 1. The lowest BCUT2D eigenvalue weighted by Crippen LogP contribution is -2.27. The van der Waals surface area contributed by atoms with E-state index in [1.165, 1.54) is 6.26 Å². The van der Waals surface area contributed by atoms with Crippen LogP contribution >= 0.6 is 0 Å². The molecule has 1 N–H and O–H groups in total. The molecule has 0 fully saturated rings. The first-order valence-electron chi connectivity index (χ1n) is 6.60. The zero-order chi connectivity index (χ0) is 14.4. The molecule has 106 valence electrons. The zero-order valence-corrected chi connectivity index (χ0v) is 11.8. The van der Waals surface area contributed by atoms with E-state index < -0.39 is 0 Å². The number of pyridine rings is 1. The fourth-order valence-electron chi connectivity index (χ4n) is 1.89. The van der Waals surface area contributed by atoms with Crippen LogP contribution in [-0.2, 0) is 0 Å². The summed E-state index contributed by atoms with van der Waals surface area (Å²) in [6.07, 6.45) is 4.11. The summed E-state index contributed by atoms with van der Waals surface area (Å²) in [4.78, 5) is 18.4. The van der Waals surface area contributed by atoms with Gasteiger partial charge in [0.05, 0.1) is 17.5 Å². The van der Waals surface area contributed by atoms with E-state index in [1.54, 1.807) is 12.3 Å². The minimum atomic E-state index is -0.200. The maximum absolute atomic E-state index is 12.1. The van der Waals surface area contributed by atoms with Gasteiger partial charge in [-0.1, -0.05) is 6.07 Å². The molecule has 0 spiro atoms. The second kappa shape index (κ2) is 6.86. The number of amides is 1.